The van der Waals surface area contributed by atoms with Gasteiger partial charge in [-0.05, 0) is 82.9 Å². The molecule has 1 aliphatic heterocycles. The molecule has 2 aromatic carbocycles. The minimum absolute atomic E-state index is 0.101. The largest absolute Gasteiger partial charge is 0.497 e. The minimum Gasteiger partial charge on any atom is -0.497 e. The predicted octanol–water partition coefficient (Wildman–Crippen LogP) is 7.48. The molecule has 1 aliphatic rings. The van der Waals surface area contributed by atoms with Crippen molar-refractivity contribution in [3.8, 4) is 17.3 Å². The Morgan fingerprint density at radius 3 is 2.45 bits per heavy atom. The highest BCUT2D eigenvalue weighted by molar-refractivity contribution is 7.09. The number of carbonyl (C=O) groups is 2. The molecular weight excluding hydrogens is 667 g/mol. The summed E-state index contributed by atoms with van der Waals surface area (Å²) in [5.41, 5.74) is 1.79. The minimum atomic E-state index is -1.13. The number of aryl methyl sites for hydroxylation is 1. The van der Waals surface area contributed by atoms with Gasteiger partial charge in [-0.25, -0.2) is 14.8 Å². The van der Waals surface area contributed by atoms with E-state index in [4.69, 9.17) is 23.9 Å². The van der Waals surface area contributed by atoms with Crippen LogP contribution >= 0.6 is 11.3 Å². The second-order valence-corrected chi connectivity index (χ2v) is 14.7. The summed E-state index contributed by atoms with van der Waals surface area (Å²) >= 11 is 1.58. The lowest BCUT2D eigenvalue weighted by Crippen LogP contribution is -2.47. The monoisotopic (exact) mass is 709 g/mol. The zero-order valence-corrected chi connectivity index (χ0v) is 30.5. The number of alkyl carbamates (subject to hydrolysis) is 1. The lowest BCUT2D eigenvalue weighted by atomic mass is 9.92. The predicted molar refractivity (Wildman–Crippen MR) is 195 cm³/mol. The first kappa shape index (κ1) is 35.5. The standard InChI is InChI=1S/C38H43N7O5S/c1-24-23-51-33(40-24)30-13-10-18-45(30)34(46)27-19-29(41-31(20-27)39-22-26-14-16-28(48-6)17-15-26)32-43-44-35(49-32)38(5,21-25-11-8-7-9-12-25)42-36(47)50-37(2,3)4/h7-9,11-12,14-17,19-20,23,30H,10,13,18,21-22H2,1-6H3,(H,39,41)(H,42,47)/t30-,38?/m1/s1. The van der Waals surface area contributed by atoms with Crippen molar-refractivity contribution in [2.24, 2.45) is 0 Å². The summed E-state index contributed by atoms with van der Waals surface area (Å²) < 4.78 is 17.2. The average Bonchev–Trinajstić information content (AvgIpc) is 3.88. The van der Waals surface area contributed by atoms with Crippen LogP contribution < -0.4 is 15.4 Å². The Bertz CT molecular complexity index is 1970. The number of benzene rings is 2. The van der Waals surface area contributed by atoms with Crippen LogP contribution in [-0.2, 0) is 23.2 Å². The van der Waals surface area contributed by atoms with Gasteiger partial charge in [0.2, 0.25) is 5.89 Å². The average molecular weight is 710 g/mol. The molecular formula is C38H43N7O5S. The summed E-state index contributed by atoms with van der Waals surface area (Å²) in [7, 11) is 1.63. The molecule has 6 rings (SSSR count). The number of pyridine rings is 1. The van der Waals surface area contributed by atoms with Gasteiger partial charge in [-0.1, -0.05) is 42.5 Å². The number of amides is 2. The molecule has 4 heterocycles. The van der Waals surface area contributed by atoms with Crippen molar-refractivity contribution in [1.82, 2.24) is 30.4 Å². The first-order valence-electron chi connectivity index (χ1n) is 16.9. The van der Waals surface area contributed by atoms with E-state index >= 15 is 0 Å². The molecule has 0 bridgehead atoms. The maximum atomic E-state index is 14.2. The van der Waals surface area contributed by atoms with Crippen molar-refractivity contribution in [2.75, 3.05) is 19.0 Å². The third kappa shape index (κ3) is 8.72. The zero-order chi connectivity index (χ0) is 36.2. The molecule has 3 aromatic heterocycles. The van der Waals surface area contributed by atoms with Crippen LogP contribution in [0.3, 0.4) is 0 Å². The molecule has 5 aromatic rings. The van der Waals surface area contributed by atoms with Crippen LogP contribution in [0.4, 0.5) is 10.6 Å². The molecule has 1 saturated heterocycles. The van der Waals surface area contributed by atoms with Gasteiger partial charge in [0.15, 0.2) is 0 Å². The Labute approximate surface area is 301 Å². The van der Waals surface area contributed by atoms with Crippen molar-refractivity contribution in [2.45, 2.75) is 77.6 Å². The highest BCUT2D eigenvalue weighted by atomic mass is 32.1. The summed E-state index contributed by atoms with van der Waals surface area (Å²) in [6.07, 6.45) is 1.46. The van der Waals surface area contributed by atoms with Crippen molar-refractivity contribution < 1.29 is 23.5 Å². The number of methoxy groups -OCH3 is 1. The fourth-order valence-electron chi connectivity index (χ4n) is 6.00. The number of hydrogen-bond acceptors (Lipinski definition) is 11. The third-order valence-corrected chi connectivity index (χ3v) is 9.50. The van der Waals surface area contributed by atoms with Gasteiger partial charge in [0, 0.05) is 36.1 Å². The number of aromatic nitrogens is 4. The second kappa shape index (κ2) is 14.9. The Morgan fingerprint density at radius 1 is 1.00 bits per heavy atom. The third-order valence-electron chi connectivity index (χ3n) is 8.43. The first-order chi connectivity index (χ1) is 24.4. The van der Waals surface area contributed by atoms with Gasteiger partial charge in [-0.2, -0.15) is 0 Å². The number of anilines is 1. The molecule has 0 aliphatic carbocycles. The number of ether oxygens (including phenoxy) is 2. The van der Waals surface area contributed by atoms with Crippen LogP contribution in [0.2, 0.25) is 0 Å². The second-order valence-electron chi connectivity index (χ2n) is 13.8. The molecule has 0 spiro atoms. The van der Waals surface area contributed by atoms with E-state index in [1.54, 1.807) is 51.4 Å². The Balaban J connectivity index is 1.34. The van der Waals surface area contributed by atoms with Crippen molar-refractivity contribution >= 4 is 29.2 Å². The number of nitrogens with zero attached hydrogens (tertiary/aromatic N) is 5. The van der Waals surface area contributed by atoms with E-state index in [1.807, 2.05) is 78.7 Å². The molecule has 2 amide bonds. The number of hydrogen-bond donors (Lipinski definition) is 2. The molecule has 12 nitrogen and oxygen atoms in total. The highest BCUT2D eigenvalue weighted by Gasteiger charge is 2.37. The van der Waals surface area contributed by atoms with Crippen molar-refractivity contribution in [3.05, 3.63) is 105 Å². The number of likely N-dealkylation sites (tertiary alicyclic amines) is 1. The van der Waals surface area contributed by atoms with Gasteiger partial charge in [-0.15, -0.1) is 21.5 Å². The molecule has 1 unspecified atom stereocenters. The molecule has 51 heavy (non-hydrogen) atoms. The smallest absolute Gasteiger partial charge is 0.408 e. The lowest BCUT2D eigenvalue weighted by molar-refractivity contribution is 0.0443. The fourth-order valence-corrected chi connectivity index (χ4v) is 6.95. The molecule has 266 valence electrons. The number of rotatable bonds is 11. The fraction of sp³-hybridized carbons (Fsp3) is 0.368. The van der Waals surface area contributed by atoms with Gasteiger partial charge in [0.1, 0.15) is 33.4 Å². The zero-order valence-electron chi connectivity index (χ0n) is 29.7. The maximum Gasteiger partial charge on any atom is 0.408 e. The van der Waals surface area contributed by atoms with Crippen LogP contribution in [-0.4, -0.2) is 56.3 Å². The summed E-state index contributed by atoms with van der Waals surface area (Å²) in [5.74, 6) is 1.35. The van der Waals surface area contributed by atoms with Crippen LogP contribution in [0.25, 0.3) is 11.6 Å². The molecule has 2 N–H and O–H groups in total. The van der Waals surface area contributed by atoms with E-state index in [2.05, 4.69) is 20.8 Å². The highest BCUT2D eigenvalue weighted by Crippen LogP contribution is 2.36. The molecule has 0 saturated carbocycles. The summed E-state index contributed by atoms with van der Waals surface area (Å²) in [6, 6.07) is 20.7. The Kier molecular flexibility index (Phi) is 10.4. The van der Waals surface area contributed by atoms with E-state index in [0.717, 1.165) is 40.4 Å². The van der Waals surface area contributed by atoms with Gasteiger partial charge in [0.25, 0.3) is 11.8 Å². The van der Waals surface area contributed by atoms with Crippen molar-refractivity contribution in [3.63, 3.8) is 0 Å². The van der Waals surface area contributed by atoms with Crippen LogP contribution in [0.15, 0.2) is 76.5 Å². The molecule has 2 atom stereocenters. The quantitative estimate of drug-likeness (QED) is 0.142. The van der Waals surface area contributed by atoms with Crippen molar-refractivity contribution in [1.29, 1.82) is 0 Å². The van der Waals surface area contributed by atoms with Crippen LogP contribution in [0, 0.1) is 6.92 Å². The Hall–Kier alpha value is -5.30. The maximum absolute atomic E-state index is 14.2. The van der Waals surface area contributed by atoms with E-state index in [1.165, 1.54) is 0 Å². The van der Waals surface area contributed by atoms with E-state index in [0.29, 0.717) is 36.6 Å². The number of nitrogens with one attached hydrogen (secondary N) is 2. The van der Waals surface area contributed by atoms with Crippen LogP contribution in [0.5, 0.6) is 5.75 Å². The SMILES string of the molecule is COc1ccc(CNc2cc(C(=O)N3CCC[C@@H]3c3nc(C)cs3)cc(-c3nnc(C(C)(Cc4ccccc4)NC(=O)OC(C)(C)C)o3)n2)cc1. The van der Waals surface area contributed by atoms with E-state index in [-0.39, 0.29) is 23.7 Å². The molecule has 1 fully saturated rings. The van der Waals surface area contributed by atoms with Gasteiger partial charge >= 0.3 is 6.09 Å². The van der Waals surface area contributed by atoms with E-state index < -0.39 is 17.2 Å². The van der Waals surface area contributed by atoms with Gasteiger partial charge < -0.3 is 29.4 Å². The number of carbonyl (C=O) groups excluding carboxylic acids is 2. The van der Waals surface area contributed by atoms with Gasteiger partial charge in [0.05, 0.1) is 13.2 Å². The molecule has 0 radical (unpaired) electrons. The topological polar surface area (TPSA) is 145 Å². The first-order valence-corrected chi connectivity index (χ1v) is 17.8. The summed E-state index contributed by atoms with van der Waals surface area (Å²) in [5, 5.41) is 18.0. The normalized spacial score (nSPS) is 15.6. The summed E-state index contributed by atoms with van der Waals surface area (Å²) in [4.78, 5) is 38.7. The summed E-state index contributed by atoms with van der Waals surface area (Å²) in [6.45, 7) is 10.2. The molecule has 13 heteroatoms. The van der Waals surface area contributed by atoms with E-state index in [9.17, 15) is 9.59 Å². The van der Waals surface area contributed by atoms with Gasteiger partial charge in [-0.3, -0.25) is 4.79 Å². The lowest BCUT2D eigenvalue weighted by Gasteiger charge is -2.29. The number of thiazole rings is 1. The Morgan fingerprint density at radius 2 is 1.76 bits per heavy atom. The van der Waals surface area contributed by atoms with Crippen LogP contribution in [0.1, 0.15) is 84.7 Å².